The lowest BCUT2D eigenvalue weighted by atomic mass is 10.1. The molecule has 5 nitrogen and oxygen atoms in total. The van der Waals surface area contributed by atoms with Gasteiger partial charge in [0.2, 0.25) is 0 Å². The van der Waals surface area contributed by atoms with Gasteiger partial charge in [-0.05, 0) is 37.1 Å². The minimum atomic E-state index is -4.53. The van der Waals surface area contributed by atoms with Gasteiger partial charge >= 0.3 is 12.1 Å². The van der Waals surface area contributed by atoms with Gasteiger partial charge in [0.15, 0.2) is 0 Å². The predicted octanol–water partition coefficient (Wildman–Crippen LogP) is 4.50. The Kier molecular flexibility index (Phi) is 5.32. The second-order valence-electron chi connectivity index (χ2n) is 7.26. The normalized spacial score (nSPS) is 14.2. The Morgan fingerprint density at radius 3 is 2.70 bits per heavy atom. The number of esters is 1. The van der Waals surface area contributed by atoms with Crippen molar-refractivity contribution in [3.8, 4) is 0 Å². The van der Waals surface area contributed by atoms with Gasteiger partial charge in [0.1, 0.15) is 12.4 Å². The van der Waals surface area contributed by atoms with E-state index in [1.165, 1.54) is 36.4 Å². The van der Waals surface area contributed by atoms with Crippen LogP contribution in [0, 0.1) is 0 Å². The maximum Gasteiger partial charge on any atom is 0.416 e. The molecule has 0 saturated carbocycles. The van der Waals surface area contributed by atoms with E-state index in [1.807, 2.05) is 0 Å². The number of aromatic nitrogens is 2. The highest BCUT2D eigenvalue weighted by Gasteiger charge is 2.33. The largest absolute Gasteiger partial charge is 0.457 e. The second-order valence-corrected chi connectivity index (χ2v) is 7.26. The lowest BCUT2D eigenvalue weighted by molar-refractivity contribution is -0.138. The van der Waals surface area contributed by atoms with Gasteiger partial charge in [-0.3, -0.25) is 9.36 Å². The Hall–Kier alpha value is -3.16. The fourth-order valence-electron chi connectivity index (χ4n) is 3.69. The van der Waals surface area contributed by atoms with Crippen molar-refractivity contribution in [1.82, 2.24) is 9.55 Å². The molecule has 0 bridgehead atoms. The van der Waals surface area contributed by atoms with E-state index in [1.54, 1.807) is 4.57 Å². The fraction of sp³-hybridized carbons (Fsp3) is 0.318. The van der Waals surface area contributed by atoms with Crippen molar-refractivity contribution in [2.45, 2.75) is 45.0 Å². The molecule has 0 atom stereocenters. The molecule has 30 heavy (non-hydrogen) atoms. The Labute approximate surface area is 170 Å². The van der Waals surface area contributed by atoms with E-state index in [9.17, 15) is 22.8 Å². The average molecular weight is 416 g/mol. The number of carbonyl (C=O) groups is 1. The summed E-state index contributed by atoms with van der Waals surface area (Å²) < 4.78 is 46.1. The zero-order chi connectivity index (χ0) is 21.3. The number of carbonyl (C=O) groups excluding carboxylic acids is 1. The summed E-state index contributed by atoms with van der Waals surface area (Å²) in [5.74, 6) is -0.0830. The summed E-state index contributed by atoms with van der Waals surface area (Å²) in [5, 5.41) is 0.402. The summed E-state index contributed by atoms with van der Waals surface area (Å²) in [4.78, 5) is 29.7. The van der Waals surface area contributed by atoms with Crippen molar-refractivity contribution in [2.75, 3.05) is 0 Å². The van der Waals surface area contributed by atoms with E-state index in [-0.39, 0.29) is 16.7 Å². The first-order chi connectivity index (χ1) is 14.3. The van der Waals surface area contributed by atoms with Crippen LogP contribution in [0.5, 0.6) is 0 Å². The van der Waals surface area contributed by atoms with Crippen LogP contribution in [0.1, 0.15) is 46.6 Å². The molecule has 2 aromatic carbocycles. The third-order valence-electron chi connectivity index (χ3n) is 5.23. The van der Waals surface area contributed by atoms with Crippen LogP contribution in [-0.4, -0.2) is 15.5 Å². The van der Waals surface area contributed by atoms with Crippen LogP contribution in [0.3, 0.4) is 0 Å². The number of fused-ring (bicyclic) bond motifs is 2. The Balaban J connectivity index is 1.60. The molecule has 2 heterocycles. The zero-order valence-corrected chi connectivity index (χ0v) is 16.0. The van der Waals surface area contributed by atoms with Crippen LogP contribution < -0.4 is 5.56 Å². The maximum atomic E-state index is 13.1. The lowest BCUT2D eigenvalue weighted by Crippen LogP contribution is -2.24. The SMILES string of the molecule is O=C(OCc1ccccc1C(F)(F)F)c1ccc2c(=O)n3c(nc2c1)CCCCC3. The number of hydrogen-bond donors (Lipinski definition) is 0. The number of halogens is 3. The molecule has 0 fully saturated rings. The van der Waals surface area contributed by atoms with E-state index in [0.717, 1.165) is 25.3 Å². The van der Waals surface area contributed by atoms with Crippen LogP contribution in [0.25, 0.3) is 10.9 Å². The van der Waals surface area contributed by atoms with Crippen molar-refractivity contribution in [1.29, 1.82) is 0 Å². The minimum absolute atomic E-state index is 0.124. The Morgan fingerprint density at radius 2 is 1.90 bits per heavy atom. The van der Waals surface area contributed by atoms with Crippen LogP contribution in [-0.2, 0) is 30.5 Å². The van der Waals surface area contributed by atoms with Crippen molar-refractivity contribution in [2.24, 2.45) is 0 Å². The van der Waals surface area contributed by atoms with Gasteiger partial charge in [0.25, 0.3) is 5.56 Å². The molecule has 0 amide bonds. The number of aryl methyl sites for hydroxylation is 1. The molecule has 3 aromatic rings. The summed E-state index contributed by atoms with van der Waals surface area (Å²) in [7, 11) is 0. The summed E-state index contributed by atoms with van der Waals surface area (Å²) in [6.07, 6.45) is -0.956. The average Bonchev–Trinajstić information content (AvgIpc) is 2.97. The number of rotatable bonds is 3. The van der Waals surface area contributed by atoms with E-state index >= 15 is 0 Å². The standard InChI is InChI=1S/C22H19F3N2O3/c23-22(24,25)17-7-4-3-6-15(17)13-30-21(29)14-9-10-16-18(12-14)26-19-8-2-1-5-11-27(19)20(16)28/h3-4,6-7,9-10,12H,1-2,5,8,11,13H2. The molecular formula is C22H19F3N2O3. The van der Waals surface area contributed by atoms with Gasteiger partial charge in [-0.1, -0.05) is 24.6 Å². The van der Waals surface area contributed by atoms with E-state index in [4.69, 9.17) is 4.74 Å². The number of alkyl halides is 3. The molecule has 8 heteroatoms. The third kappa shape index (κ3) is 3.94. The molecule has 1 aliphatic heterocycles. The molecular weight excluding hydrogens is 397 g/mol. The van der Waals surface area contributed by atoms with E-state index < -0.39 is 24.3 Å². The third-order valence-corrected chi connectivity index (χ3v) is 5.23. The fourth-order valence-corrected chi connectivity index (χ4v) is 3.69. The van der Waals surface area contributed by atoms with Gasteiger partial charge in [-0.25, -0.2) is 9.78 Å². The highest BCUT2D eigenvalue weighted by atomic mass is 19.4. The van der Waals surface area contributed by atoms with E-state index in [2.05, 4.69) is 4.98 Å². The van der Waals surface area contributed by atoms with Gasteiger partial charge in [-0.15, -0.1) is 0 Å². The topological polar surface area (TPSA) is 61.2 Å². The second kappa shape index (κ2) is 7.93. The van der Waals surface area contributed by atoms with Crippen LogP contribution in [0.2, 0.25) is 0 Å². The van der Waals surface area contributed by atoms with Crippen LogP contribution in [0.4, 0.5) is 13.2 Å². The molecule has 156 valence electrons. The molecule has 1 aliphatic rings. The molecule has 1 aromatic heterocycles. The Bertz CT molecular complexity index is 1170. The number of hydrogen-bond acceptors (Lipinski definition) is 4. The van der Waals surface area contributed by atoms with Gasteiger partial charge in [-0.2, -0.15) is 13.2 Å². The highest BCUT2D eigenvalue weighted by Crippen LogP contribution is 2.32. The monoisotopic (exact) mass is 416 g/mol. The van der Waals surface area contributed by atoms with Crippen molar-refractivity contribution in [3.63, 3.8) is 0 Å². The number of ether oxygens (including phenoxy) is 1. The quantitative estimate of drug-likeness (QED) is 0.590. The van der Waals surface area contributed by atoms with Crippen molar-refractivity contribution >= 4 is 16.9 Å². The lowest BCUT2D eigenvalue weighted by Gasteiger charge is -2.13. The minimum Gasteiger partial charge on any atom is -0.457 e. The summed E-state index contributed by atoms with van der Waals surface area (Å²) in [5.41, 5.74) is -0.582. The van der Waals surface area contributed by atoms with Crippen molar-refractivity contribution < 1.29 is 22.7 Å². The summed E-state index contributed by atoms with van der Waals surface area (Å²) in [6.45, 7) is 0.117. The first-order valence-corrected chi connectivity index (χ1v) is 9.70. The smallest absolute Gasteiger partial charge is 0.416 e. The summed E-state index contributed by atoms with van der Waals surface area (Å²) in [6, 6.07) is 9.37. The van der Waals surface area contributed by atoms with E-state index in [0.29, 0.717) is 29.7 Å². The number of benzene rings is 2. The molecule has 0 N–H and O–H groups in total. The van der Waals surface area contributed by atoms with Gasteiger partial charge in [0.05, 0.1) is 22.0 Å². The molecule has 0 aliphatic carbocycles. The summed E-state index contributed by atoms with van der Waals surface area (Å²) >= 11 is 0. The van der Waals surface area contributed by atoms with Crippen LogP contribution >= 0.6 is 0 Å². The first kappa shape index (κ1) is 20.1. The van der Waals surface area contributed by atoms with Gasteiger partial charge < -0.3 is 4.74 Å². The molecule has 0 radical (unpaired) electrons. The first-order valence-electron chi connectivity index (χ1n) is 9.70. The van der Waals surface area contributed by atoms with Crippen LogP contribution in [0.15, 0.2) is 47.3 Å². The highest BCUT2D eigenvalue weighted by molar-refractivity contribution is 5.94. The number of nitrogens with zero attached hydrogens (tertiary/aromatic N) is 2. The molecule has 0 spiro atoms. The molecule has 0 unspecified atom stereocenters. The van der Waals surface area contributed by atoms with Gasteiger partial charge in [0, 0.05) is 18.5 Å². The van der Waals surface area contributed by atoms with Crippen molar-refractivity contribution in [3.05, 3.63) is 75.3 Å². The molecule has 4 rings (SSSR count). The molecule has 0 saturated heterocycles. The predicted molar refractivity (Wildman–Crippen MR) is 104 cm³/mol. The maximum absolute atomic E-state index is 13.1. The Morgan fingerprint density at radius 1 is 1.10 bits per heavy atom. The zero-order valence-electron chi connectivity index (χ0n) is 16.0.